The molecule has 12 N–H and O–H groups in total. The summed E-state index contributed by atoms with van der Waals surface area (Å²) in [6, 6.07) is -5.65. The van der Waals surface area contributed by atoms with E-state index < -0.39 is 66.9 Å². The van der Waals surface area contributed by atoms with Crippen LogP contribution in [0.1, 0.15) is 19.3 Å². The highest BCUT2D eigenvalue weighted by Gasteiger charge is 2.31. The fraction of sp³-hybridized carbons (Fsp3) is 0.625. The number of aliphatic hydroxyl groups is 1. The van der Waals surface area contributed by atoms with Gasteiger partial charge in [0.05, 0.1) is 13.0 Å². The number of aliphatic hydroxyl groups excluding tert-OH is 1. The zero-order chi connectivity index (χ0) is 24.8. The molecule has 0 bridgehead atoms. The molecule has 32 heavy (non-hydrogen) atoms. The zero-order valence-electron chi connectivity index (χ0n) is 17.1. The Morgan fingerprint density at radius 1 is 0.906 bits per heavy atom. The van der Waals surface area contributed by atoms with Crippen LogP contribution >= 0.6 is 12.6 Å². The molecule has 0 aliphatic rings. The lowest BCUT2D eigenvalue weighted by Gasteiger charge is -2.23. The lowest BCUT2D eigenvalue weighted by molar-refractivity contribution is -0.143. The van der Waals surface area contributed by atoms with Crippen LogP contribution in [-0.2, 0) is 24.0 Å². The summed E-state index contributed by atoms with van der Waals surface area (Å²) in [7, 11) is 0. The van der Waals surface area contributed by atoms with Crippen LogP contribution in [-0.4, -0.2) is 94.0 Å². The Labute approximate surface area is 188 Å². The van der Waals surface area contributed by atoms with Crippen LogP contribution in [0.3, 0.4) is 0 Å². The number of carbonyl (C=O) groups is 5. The first-order valence-electron chi connectivity index (χ1n) is 9.31. The van der Waals surface area contributed by atoms with E-state index in [0.29, 0.717) is 0 Å². The van der Waals surface area contributed by atoms with E-state index in [2.05, 4.69) is 33.6 Å². The molecular formula is C16H29N7O8S. The van der Waals surface area contributed by atoms with Crippen molar-refractivity contribution in [1.29, 1.82) is 0 Å². The third-order valence-electron chi connectivity index (χ3n) is 3.92. The van der Waals surface area contributed by atoms with Gasteiger partial charge >= 0.3 is 11.9 Å². The van der Waals surface area contributed by atoms with Crippen LogP contribution < -0.4 is 33.2 Å². The highest BCUT2D eigenvalue weighted by Crippen LogP contribution is 2.02. The van der Waals surface area contributed by atoms with E-state index in [0.717, 1.165) is 0 Å². The molecule has 0 aromatic rings. The third kappa shape index (κ3) is 11.3. The zero-order valence-corrected chi connectivity index (χ0v) is 18.0. The number of aliphatic imine (C=N–C) groups is 1. The molecular weight excluding hydrogens is 450 g/mol. The molecule has 0 aromatic heterocycles. The molecule has 182 valence electrons. The monoisotopic (exact) mass is 479 g/mol. The number of hydrogen-bond donors (Lipinski definition) is 10. The van der Waals surface area contributed by atoms with Crippen molar-refractivity contribution in [2.24, 2.45) is 22.2 Å². The van der Waals surface area contributed by atoms with Gasteiger partial charge in [-0.2, -0.15) is 12.6 Å². The maximum absolute atomic E-state index is 12.5. The largest absolute Gasteiger partial charge is 0.481 e. The molecule has 0 rings (SSSR count). The van der Waals surface area contributed by atoms with E-state index in [1.807, 2.05) is 0 Å². The minimum atomic E-state index is -1.65. The van der Waals surface area contributed by atoms with Gasteiger partial charge in [0.25, 0.3) is 0 Å². The Morgan fingerprint density at radius 3 is 1.91 bits per heavy atom. The van der Waals surface area contributed by atoms with Crippen molar-refractivity contribution >= 4 is 48.2 Å². The van der Waals surface area contributed by atoms with E-state index in [9.17, 15) is 29.1 Å². The van der Waals surface area contributed by atoms with Gasteiger partial charge in [0, 0.05) is 12.3 Å². The number of carbonyl (C=O) groups excluding carboxylic acids is 3. The summed E-state index contributed by atoms with van der Waals surface area (Å²) < 4.78 is 0. The van der Waals surface area contributed by atoms with E-state index >= 15 is 0 Å². The Morgan fingerprint density at radius 2 is 1.44 bits per heavy atom. The Hall–Kier alpha value is -3.11. The van der Waals surface area contributed by atoms with Crippen molar-refractivity contribution in [3.8, 4) is 0 Å². The molecule has 0 aromatic carbocycles. The van der Waals surface area contributed by atoms with Crippen LogP contribution in [0.4, 0.5) is 0 Å². The first kappa shape index (κ1) is 28.9. The first-order chi connectivity index (χ1) is 14.9. The number of nitrogens with one attached hydrogen (secondary N) is 3. The first-order valence-corrected chi connectivity index (χ1v) is 9.94. The number of hydrogen-bond acceptors (Lipinski definition) is 9. The SMILES string of the molecule is NC(N)=NCCCC(NC(=O)C(CC(=O)O)NC(=O)C(CS)NC(=O)C(N)CO)C(=O)O. The molecule has 3 amide bonds. The van der Waals surface area contributed by atoms with Gasteiger partial charge in [0.1, 0.15) is 24.2 Å². The second-order valence-electron chi connectivity index (χ2n) is 6.54. The summed E-state index contributed by atoms with van der Waals surface area (Å²) in [5, 5.41) is 33.7. The fourth-order valence-electron chi connectivity index (χ4n) is 2.25. The summed E-state index contributed by atoms with van der Waals surface area (Å²) in [5.41, 5.74) is 15.7. The van der Waals surface area contributed by atoms with E-state index in [-0.39, 0.29) is 31.1 Å². The maximum atomic E-state index is 12.5. The molecule has 0 fully saturated rings. The van der Waals surface area contributed by atoms with Gasteiger partial charge in [-0.05, 0) is 12.8 Å². The molecule has 0 aliphatic heterocycles. The van der Waals surface area contributed by atoms with Crippen LogP contribution in [0, 0.1) is 0 Å². The second kappa shape index (κ2) is 14.8. The van der Waals surface area contributed by atoms with Gasteiger partial charge in [-0.3, -0.25) is 24.2 Å². The average molecular weight is 480 g/mol. The van der Waals surface area contributed by atoms with Crippen LogP contribution in [0.2, 0.25) is 0 Å². The van der Waals surface area contributed by atoms with Crippen molar-refractivity contribution in [3.63, 3.8) is 0 Å². The predicted molar refractivity (Wildman–Crippen MR) is 115 cm³/mol. The predicted octanol–water partition coefficient (Wildman–Crippen LogP) is -4.70. The molecule has 16 heteroatoms. The molecule has 0 heterocycles. The molecule has 15 nitrogen and oxygen atoms in total. The third-order valence-corrected chi connectivity index (χ3v) is 4.29. The van der Waals surface area contributed by atoms with E-state index in [1.54, 1.807) is 0 Å². The quantitative estimate of drug-likeness (QED) is 0.0461. The van der Waals surface area contributed by atoms with Crippen molar-refractivity contribution < 1.29 is 39.3 Å². The highest BCUT2D eigenvalue weighted by molar-refractivity contribution is 7.80. The van der Waals surface area contributed by atoms with Gasteiger partial charge in [-0.15, -0.1) is 0 Å². The normalized spacial score (nSPS) is 14.2. The van der Waals surface area contributed by atoms with Crippen molar-refractivity contribution in [2.75, 3.05) is 18.9 Å². The minimum absolute atomic E-state index is 0.0695. The standard InChI is InChI=1S/C16H29N7O8S/c17-7(5-24)12(27)23-10(6-32)14(29)22-9(4-11(25)26)13(28)21-8(15(30)31)2-1-3-20-16(18)19/h7-10,24,32H,1-6,17H2,(H,21,28)(H,22,29)(H,23,27)(H,25,26)(H,30,31)(H4,18,19,20). The lowest BCUT2D eigenvalue weighted by atomic mass is 10.1. The van der Waals surface area contributed by atoms with Crippen molar-refractivity contribution in [1.82, 2.24) is 16.0 Å². The Kier molecular flexibility index (Phi) is 13.4. The number of carboxylic acid groups (broad SMARTS) is 2. The number of thiol groups is 1. The molecule has 0 aliphatic carbocycles. The summed E-state index contributed by atoms with van der Waals surface area (Å²) in [6.07, 6.45) is -0.731. The Bertz CT molecular complexity index is 717. The summed E-state index contributed by atoms with van der Waals surface area (Å²) in [5.74, 6) is -6.14. The highest BCUT2D eigenvalue weighted by atomic mass is 32.1. The number of rotatable bonds is 15. The number of nitrogens with zero attached hydrogens (tertiary/aromatic N) is 1. The average Bonchev–Trinajstić information content (AvgIpc) is 2.71. The van der Waals surface area contributed by atoms with Gasteiger partial charge in [-0.1, -0.05) is 0 Å². The smallest absolute Gasteiger partial charge is 0.326 e. The molecule has 0 spiro atoms. The second-order valence-corrected chi connectivity index (χ2v) is 6.91. The minimum Gasteiger partial charge on any atom is -0.481 e. The van der Waals surface area contributed by atoms with E-state index in [1.165, 1.54) is 0 Å². The molecule has 4 unspecified atom stereocenters. The van der Waals surface area contributed by atoms with Gasteiger partial charge in [0.2, 0.25) is 17.7 Å². The Balaban J connectivity index is 5.23. The number of nitrogens with two attached hydrogens (primary N) is 3. The molecule has 0 saturated carbocycles. The van der Waals surface area contributed by atoms with Gasteiger partial charge in [0.15, 0.2) is 5.96 Å². The number of carboxylic acids is 2. The summed E-state index contributed by atoms with van der Waals surface area (Å²) in [4.78, 5) is 62.9. The molecule has 0 saturated heterocycles. The van der Waals surface area contributed by atoms with Crippen LogP contribution in [0.15, 0.2) is 4.99 Å². The topological polar surface area (TPSA) is 273 Å². The number of amides is 3. The molecule has 4 atom stereocenters. The lowest BCUT2D eigenvalue weighted by Crippen LogP contribution is -2.58. The fourth-order valence-corrected chi connectivity index (χ4v) is 2.50. The molecule has 0 radical (unpaired) electrons. The van der Waals surface area contributed by atoms with Crippen LogP contribution in [0.25, 0.3) is 0 Å². The van der Waals surface area contributed by atoms with Crippen LogP contribution in [0.5, 0.6) is 0 Å². The van der Waals surface area contributed by atoms with Gasteiger partial charge in [-0.25, -0.2) is 4.79 Å². The number of guanidine groups is 1. The maximum Gasteiger partial charge on any atom is 0.326 e. The van der Waals surface area contributed by atoms with Crippen molar-refractivity contribution in [3.05, 3.63) is 0 Å². The van der Waals surface area contributed by atoms with E-state index in [4.69, 9.17) is 27.4 Å². The summed E-state index contributed by atoms with van der Waals surface area (Å²) >= 11 is 3.91. The van der Waals surface area contributed by atoms with Gasteiger partial charge < -0.3 is 48.5 Å². The van der Waals surface area contributed by atoms with Crippen molar-refractivity contribution in [2.45, 2.75) is 43.4 Å². The number of aliphatic carboxylic acids is 2. The summed E-state index contributed by atoms with van der Waals surface area (Å²) in [6.45, 7) is -0.576.